The molecular weight excluding hydrogens is 327 g/mol. The van der Waals surface area contributed by atoms with Crippen LogP contribution >= 0.6 is 0 Å². The Balaban J connectivity index is 1.47. The van der Waals surface area contributed by atoms with Crippen LogP contribution in [0.1, 0.15) is 16.2 Å². The summed E-state index contributed by atoms with van der Waals surface area (Å²) in [6.07, 6.45) is 1.26. The Labute approximate surface area is 144 Å². The molecule has 0 radical (unpaired) electrons. The highest BCUT2D eigenvalue weighted by Crippen LogP contribution is 2.12. The number of anilines is 1. The molecule has 2 heterocycles. The van der Waals surface area contributed by atoms with Crippen molar-refractivity contribution in [3.63, 3.8) is 0 Å². The Morgan fingerprint density at radius 2 is 1.88 bits per heavy atom. The molecule has 7 nitrogen and oxygen atoms in total. The number of hydrogen-bond acceptors (Lipinski definition) is 5. The number of aryl methyl sites for hydroxylation is 1. The summed E-state index contributed by atoms with van der Waals surface area (Å²) in [5.41, 5.74) is 1.13. The van der Waals surface area contributed by atoms with Crippen LogP contribution in [0, 0.1) is 12.7 Å². The van der Waals surface area contributed by atoms with E-state index in [9.17, 15) is 14.0 Å². The first-order valence-corrected chi connectivity index (χ1v) is 8.00. The van der Waals surface area contributed by atoms with Crippen LogP contribution in [0.5, 0.6) is 0 Å². The van der Waals surface area contributed by atoms with Gasteiger partial charge < -0.3 is 14.6 Å². The van der Waals surface area contributed by atoms with E-state index < -0.39 is 0 Å². The van der Waals surface area contributed by atoms with Gasteiger partial charge in [0.2, 0.25) is 11.7 Å². The van der Waals surface area contributed by atoms with Crippen LogP contribution < -0.4 is 5.32 Å². The average molecular weight is 346 g/mol. The fourth-order valence-electron chi connectivity index (χ4n) is 2.70. The molecule has 1 aromatic heterocycles. The molecule has 0 atom stereocenters. The number of piperazine rings is 1. The van der Waals surface area contributed by atoms with Crippen molar-refractivity contribution in [3.05, 3.63) is 47.9 Å². The Bertz CT molecular complexity index is 752. The SMILES string of the molecule is Cc1ncoc1C(=O)N1CCN(CC(=O)Nc2ccc(F)cc2)CC1. The van der Waals surface area contributed by atoms with E-state index in [2.05, 4.69) is 10.3 Å². The number of nitrogens with zero attached hydrogens (tertiary/aromatic N) is 3. The summed E-state index contributed by atoms with van der Waals surface area (Å²) >= 11 is 0. The zero-order valence-corrected chi connectivity index (χ0v) is 13.9. The molecule has 2 amide bonds. The Hall–Kier alpha value is -2.74. The van der Waals surface area contributed by atoms with E-state index in [4.69, 9.17) is 4.42 Å². The molecule has 0 spiro atoms. The number of hydrogen-bond donors (Lipinski definition) is 1. The summed E-state index contributed by atoms with van der Waals surface area (Å²) in [6.45, 7) is 4.17. The molecule has 1 aliphatic rings. The molecule has 0 saturated carbocycles. The Morgan fingerprint density at radius 3 is 2.48 bits per heavy atom. The van der Waals surface area contributed by atoms with E-state index in [0.717, 1.165) is 0 Å². The standard InChI is InChI=1S/C17H19FN4O3/c1-12-16(25-11-19-12)17(24)22-8-6-21(7-9-22)10-15(23)20-14-4-2-13(18)3-5-14/h2-5,11H,6-10H2,1H3,(H,20,23). The molecule has 2 aromatic rings. The number of halogens is 1. The molecular formula is C17H19FN4O3. The van der Waals surface area contributed by atoms with Gasteiger partial charge in [-0.2, -0.15) is 0 Å². The molecule has 1 N–H and O–H groups in total. The number of rotatable bonds is 4. The van der Waals surface area contributed by atoms with Crippen LogP contribution in [0.4, 0.5) is 10.1 Å². The van der Waals surface area contributed by atoms with Crippen molar-refractivity contribution >= 4 is 17.5 Å². The number of carbonyl (C=O) groups excluding carboxylic acids is 2. The predicted octanol–water partition coefficient (Wildman–Crippen LogP) is 1.52. The molecule has 3 rings (SSSR count). The zero-order valence-electron chi connectivity index (χ0n) is 13.9. The minimum absolute atomic E-state index is 0.169. The quantitative estimate of drug-likeness (QED) is 0.908. The van der Waals surface area contributed by atoms with Gasteiger partial charge >= 0.3 is 0 Å². The van der Waals surface area contributed by atoms with E-state index in [0.29, 0.717) is 37.6 Å². The minimum Gasteiger partial charge on any atom is -0.438 e. The largest absolute Gasteiger partial charge is 0.438 e. The van der Waals surface area contributed by atoms with Crippen molar-refractivity contribution in [2.75, 3.05) is 38.0 Å². The van der Waals surface area contributed by atoms with Gasteiger partial charge in [0, 0.05) is 31.9 Å². The van der Waals surface area contributed by atoms with Crippen LogP contribution in [-0.4, -0.2) is 59.3 Å². The second-order valence-corrected chi connectivity index (χ2v) is 5.89. The predicted molar refractivity (Wildman–Crippen MR) is 88.6 cm³/mol. The van der Waals surface area contributed by atoms with Gasteiger partial charge in [0.1, 0.15) is 5.82 Å². The van der Waals surface area contributed by atoms with Crippen molar-refractivity contribution in [2.45, 2.75) is 6.92 Å². The first-order chi connectivity index (χ1) is 12.0. The molecule has 132 valence electrons. The van der Waals surface area contributed by atoms with Gasteiger partial charge in [0.25, 0.3) is 5.91 Å². The molecule has 25 heavy (non-hydrogen) atoms. The maximum atomic E-state index is 12.9. The van der Waals surface area contributed by atoms with Crippen LogP contribution in [0.2, 0.25) is 0 Å². The van der Waals surface area contributed by atoms with Crippen molar-refractivity contribution in [1.82, 2.24) is 14.8 Å². The maximum absolute atomic E-state index is 12.9. The van der Waals surface area contributed by atoms with E-state index >= 15 is 0 Å². The van der Waals surface area contributed by atoms with Gasteiger partial charge in [0.05, 0.1) is 12.2 Å². The van der Waals surface area contributed by atoms with Gasteiger partial charge in [-0.25, -0.2) is 9.37 Å². The first-order valence-electron chi connectivity index (χ1n) is 8.00. The lowest BCUT2D eigenvalue weighted by Crippen LogP contribution is -2.50. The second-order valence-electron chi connectivity index (χ2n) is 5.89. The summed E-state index contributed by atoms with van der Waals surface area (Å²) in [5.74, 6) is -0.425. The van der Waals surface area contributed by atoms with Crippen molar-refractivity contribution in [3.8, 4) is 0 Å². The monoisotopic (exact) mass is 346 g/mol. The third-order valence-electron chi connectivity index (χ3n) is 4.09. The lowest BCUT2D eigenvalue weighted by molar-refractivity contribution is -0.117. The molecule has 8 heteroatoms. The van der Waals surface area contributed by atoms with Gasteiger partial charge in [0.15, 0.2) is 6.39 Å². The molecule has 0 bridgehead atoms. The van der Waals surface area contributed by atoms with Crippen LogP contribution in [0.15, 0.2) is 35.1 Å². The molecule has 1 fully saturated rings. The van der Waals surface area contributed by atoms with Gasteiger partial charge in [-0.3, -0.25) is 14.5 Å². The third kappa shape index (κ3) is 4.21. The first kappa shape index (κ1) is 17.1. The third-order valence-corrected chi connectivity index (χ3v) is 4.09. The zero-order chi connectivity index (χ0) is 17.8. The molecule has 0 aliphatic carbocycles. The van der Waals surface area contributed by atoms with E-state index in [1.807, 2.05) is 4.90 Å². The van der Waals surface area contributed by atoms with Gasteiger partial charge in [-0.05, 0) is 31.2 Å². The van der Waals surface area contributed by atoms with E-state index in [1.54, 1.807) is 11.8 Å². The fraction of sp³-hybridized carbons (Fsp3) is 0.353. The highest BCUT2D eigenvalue weighted by atomic mass is 19.1. The molecule has 0 unspecified atom stereocenters. The van der Waals surface area contributed by atoms with Crippen LogP contribution in [0.25, 0.3) is 0 Å². The fourth-order valence-corrected chi connectivity index (χ4v) is 2.70. The summed E-state index contributed by atoms with van der Waals surface area (Å²) < 4.78 is 18.0. The number of benzene rings is 1. The number of amides is 2. The smallest absolute Gasteiger partial charge is 0.291 e. The van der Waals surface area contributed by atoms with Crippen molar-refractivity contribution in [1.29, 1.82) is 0 Å². The topological polar surface area (TPSA) is 78.7 Å². The number of nitrogens with one attached hydrogen (secondary N) is 1. The number of oxazole rings is 1. The molecule has 1 saturated heterocycles. The lowest BCUT2D eigenvalue weighted by Gasteiger charge is -2.33. The average Bonchev–Trinajstić information content (AvgIpc) is 3.03. The molecule has 1 aromatic carbocycles. The van der Waals surface area contributed by atoms with Crippen molar-refractivity contribution in [2.24, 2.45) is 0 Å². The summed E-state index contributed by atoms with van der Waals surface area (Å²) in [7, 11) is 0. The Morgan fingerprint density at radius 1 is 1.20 bits per heavy atom. The minimum atomic E-state index is -0.346. The van der Waals surface area contributed by atoms with E-state index in [1.165, 1.54) is 30.7 Å². The normalized spacial score (nSPS) is 15.2. The van der Waals surface area contributed by atoms with E-state index in [-0.39, 0.29) is 29.9 Å². The van der Waals surface area contributed by atoms with Crippen LogP contribution in [0.3, 0.4) is 0 Å². The summed E-state index contributed by atoms with van der Waals surface area (Å²) in [5, 5.41) is 2.73. The highest BCUT2D eigenvalue weighted by Gasteiger charge is 2.26. The van der Waals surface area contributed by atoms with Gasteiger partial charge in [-0.15, -0.1) is 0 Å². The van der Waals surface area contributed by atoms with Crippen molar-refractivity contribution < 1.29 is 18.4 Å². The summed E-state index contributed by atoms with van der Waals surface area (Å²) in [4.78, 5) is 32.0. The lowest BCUT2D eigenvalue weighted by atomic mass is 10.2. The van der Waals surface area contributed by atoms with Gasteiger partial charge in [-0.1, -0.05) is 0 Å². The number of carbonyl (C=O) groups is 2. The summed E-state index contributed by atoms with van der Waals surface area (Å²) in [6, 6.07) is 5.63. The van der Waals surface area contributed by atoms with Crippen LogP contribution in [-0.2, 0) is 4.79 Å². The molecule has 1 aliphatic heterocycles. The highest BCUT2D eigenvalue weighted by molar-refractivity contribution is 5.93. The maximum Gasteiger partial charge on any atom is 0.291 e. The number of aromatic nitrogens is 1. The second kappa shape index (κ2) is 7.43. The Kier molecular flexibility index (Phi) is 5.08.